The minimum atomic E-state index is -0.300. The van der Waals surface area contributed by atoms with Crippen LogP contribution in [0, 0.1) is 0 Å². The van der Waals surface area contributed by atoms with E-state index in [4.69, 9.17) is 4.74 Å². The first-order chi connectivity index (χ1) is 7.66. The molecule has 0 unspecified atom stereocenters. The number of aromatic nitrogens is 3. The normalized spacial score (nSPS) is 10.9. The van der Waals surface area contributed by atoms with Crippen LogP contribution < -0.4 is 0 Å². The van der Waals surface area contributed by atoms with Crippen LogP contribution in [-0.2, 0) is 16.1 Å². The van der Waals surface area contributed by atoms with E-state index in [1.165, 1.54) is 0 Å². The quantitative estimate of drug-likeness (QED) is 0.732. The molecule has 5 nitrogen and oxygen atoms in total. The van der Waals surface area contributed by atoms with Crippen LogP contribution in [0.4, 0.5) is 0 Å². The summed E-state index contributed by atoms with van der Waals surface area (Å²) >= 11 is 0. The van der Waals surface area contributed by atoms with E-state index in [2.05, 4.69) is 10.3 Å². The van der Waals surface area contributed by atoms with Crippen molar-refractivity contribution in [2.45, 2.75) is 26.5 Å². The van der Waals surface area contributed by atoms with Crippen molar-refractivity contribution in [2.24, 2.45) is 0 Å². The van der Waals surface area contributed by atoms with E-state index >= 15 is 0 Å². The van der Waals surface area contributed by atoms with Gasteiger partial charge >= 0.3 is 5.97 Å². The SMILES string of the molecule is CC(C)OC(=O)Cn1nnc2ccccc21. The van der Waals surface area contributed by atoms with E-state index in [0.717, 1.165) is 11.0 Å². The highest BCUT2D eigenvalue weighted by Crippen LogP contribution is 2.09. The highest BCUT2D eigenvalue weighted by Gasteiger charge is 2.10. The number of carbonyl (C=O) groups excluding carboxylic acids is 1. The smallest absolute Gasteiger partial charge is 0.328 e. The number of nitrogens with zero attached hydrogens (tertiary/aromatic N) is 3. The summed E-state index contributed by atoms with van der Waals surface area (Å²) in [6, 6.07) is 7.49. The Kier molecular flexibility index (Phi) is 2.85. The van der Waals surface area contributed by atoms with Gasteiger partial charge in [-0.25, -0.2) is 4.68 Å². The molecule has 5 heteroatoms. The number of carbonyl (C=O) groups is 1. The molecule has 0 saturated carbocycles. The van der Waals surface area contributed by atoms with Gasteiger partial charge < -0.3 is 4.74 Å². The second-order valence-corrected chi connectivity index (χ2v) is 3.77. The first-order valence-electron chi connectivity index (χ1n) is 5.14. The number of hydrogen-bond donors (Lipinski definition) is 0. The molecule has 1 aromatic carbocycles. The minimum Gasteiger partial charge on any atom is -0.462 e. The molecule has 84 valence electrons. The first-order valence-corrected chi connectivity index (χ1v) is 5.14. The first kappa shape index (κ1) is 10.6. The van der Waals surface area contributed by atoms with Crippen molar-refractivity contribution in [2.75, 3.05) is 0 Å². The summed E-state index contributed by atoms with van der Waals surface area (Å²) in [4.78, 5) is 11.5. The van der Waals surface area contributed by atoms with E-state index in [0.29, 0.717) is 0 Å². The van der Waals surface area contributed by atoms with E-state index < -0.39 is 0 Å². The second-order valence-electron chi connectivity index (χ2n) is 3.77. The van der Waals surface area contributed by atoms with Crippen LogP contribution in [0.25, 0.3) is 11.0 Å². The maximum atomic E-state index is 11.5. The molecule has 2 aromatic rings. The number of para-hydroxylation sites is 1. The summed E-state index contributed by atoms with van der Waals surface area (Å²) in [6.45, 7) is 3.73. The summed E-state index contributed by atoms with van der Waals surface area (Å²) in [6.07, 6.45) is -0.109. The van der Waals surface area contributed by atoms with Gasteiger partial charge in [-0.3, -0.25) is 4.79 Å². The van der Waals surface area contributed by atoms with Crippen molar-refractivity contribution in [1.82, 2.24) is 15.0 Å². The van der Waals surface area contributed by atoms with Gasteiger partial charge in [0.05, 0.1) is 11.6 Å². The lowest BCUT2D eigenvalue weighted by molar-refractivity contribution is -0.148. The number of hydrogen-bond acceptors (Lipinski definition) is 4. The van der Waals surface area contributed by atoms with Gasteiger partial charge in [-0.1, -0.05) is 17.3 Å². The monoisotopic (exact) mass is 219 g/mol. The fraction of sp³-hybridized carbons (Fsp3) is 0.364. The third-order valence-corrected chi connectivity index (χ3v) is 2.07. The number of rotatable bonds is 3. The fourth-order valence-corrected chi connectivity index (χ4v) is 1.46. The summed E-state index contributed by atoms with van der Waals surface area (Å²) in [5, 5.41) is 7.86. The highest BCUT2D eigenvalue weighted by atomic mass is 16.5. The molecule has 0 aliphatic rings. The molecular formula is C11H13N3O2. The Bertz CT molecular complexity index is 505. The summed E-state index contributed by atoms with van der Waals surface area (Å²) in [5.41, 5.74) is 1.61. The van der Waals surface area contributed by atoms with Crippen LogP contribution in [0.2, 0.25) is 0 Å². The molecule has 0 aliphatic heterocycles. The molecule has 0 atom stereocenters. The lowest BCUT2D eigenvalue weighted by Crippen LogP contribution is -2.18. The molecule has 0 bridgehead atoms. The average Bonchev–Trinajstić information content (AvgIpc) is 2.61. The standard InChI is InChI=1S/C11H13N3O2/c1-8(2)16-11(15)7-14-10-6-4-3-5-9(10)12-13-14/h3-6,8H,7H2,1-2H3. The molecule has 0 fully saturated rings. The molecule has 0 aliphatic carbocycles. The van der Waals surface area contributed by atoms with Crippen LogP contribution in [-0.4, -0.2) is 27.1 Å². The van der Waals surface area contributed by atoms with Crippen molar-refractivity contribution in [3.63, 3.8) is 0 Å². The second kappa shape index (κ2) is 4.30. The zero-order valence-corrected chi connectivity index (χ0v) is 9.25. The van der Waals surface area contributed by atoms with Crippen molar-refractivity contribution in [3.05, 3.63) is 24.3 Å². The molecular weight excluding hydrogens is 206 g/mol. The van der Waals surface area contributed by atoms with Gasteiger partial charge in [0.2, 0.25) is 0 Å². The fourth-order valence-electron chi connectivity index (χ4n) is 1.46. The van der Waals surface area contributed by atoms with Crippen LogP contribution in [0.3, 0.4) is 0 Å². The Morgan fingerprint density at radius 1 is 1.44 bits per heavy atom. The van der Waals surface area contributed by atoms with E-state index in [-0.39, 0.29) is 18.6 Å². The molecule has 0 N–H and O–H groups in total. The number of esters is 1. The third kappa shape index (κ3) is 2.18. The highest BCUT2D eigenvalue weighted by molar-refractivity contribution is 5.77. The maximum absolute atomic E-state index is 11.5. The lowest BCUT2D eigenvalue weighted by atomic mass is 10.3. The predicted molar refractivity (Wildman–Crippen MR) is 58.8 cm³/mol. The van der Waals surface area contributed by atoms with Crippen molar-refractivity contribution < 1.29 is 9.53 Å². The van der Waals surface area contributed by atoms with Crippen LogP contribution in [0.1, 0.15) is 13.8 Å². The number of ether oxygens (including phenoxy) is 1. The predicted octanol–water partition coefficient (Wildman–Crippen LogP) is 1.38. The summed E-state index contributed by atoms with van der Waals surface area (Å²) in [7, 11) is 0. The molecule has 0 spiro atoms. The molecule has 16 heavy (non-hydrogen) atoms. The average molecular weight is 219 g/mol. The molecule has 1 aromatic heterocycles. The molecule has 0 radical (unpaired) electrons. The van der Waals surface area contributed by atoms with Crippen LogP contribution >= 0.6 is 0 Å². The van der Waals surface area contributed by atoms with Gasteiger partial charge in [0.1, 0.15) is 12.1 Å². The van der Waals surface area contributed by atoms with Gasteiger partial charge in [-0.2, -0.15) is 0 Å². The topological polar surface area (TPSA) is 57.0 Å². The Labute approximate surface area is 93.0 Å². The Morgan fingerprint density at radius 2 is 2.19 bits per heavy atom. The Balaban J connectivity index is 2.18. The van der Waals surface area contributed by atoms with Crippen molar-refractivity contribution in [3.8, 4) is 0 Å². The number of fused-ring (bicyclic) bond motifs is 1. The Hall–Kier alpha value is -1.91. The van der Waals surface area contributed by atoms with Gasteiger partial charge in [-0.15, -0.1) is 5.10 Å². The lowest BCUT2D eigenvalue weighted by Gasteiger charge is -2.07. The van der Waals surface area contributed by atoms with Crippen molar-refractivity contribution in [1.29, 1.82) is 0 Å². The maximum Gasteiger partial charge on any atom is 0.328 e. The third-order valence-electron chi connectivity index (χ3n) is 2.07. The minimum absolute atomic E-state index is 0.0959. The zero-order chi connectivity index (χ0) is 11.5. The van der Waals surface area contributed by atoms with Gasteiger partial charge in [0, 0.05) is 0 Å². The van der Waals surface area contributed by atoms with E-state index in [9.17, 15) is 4.79 Å². The van der Waals surface area contributed by atoms with E-state index in [1.54, 1.807) is 4.68 Å². The van der Waals surface area contributed by atoms with Crippen molar-refractivity contribution >= 4 is 17.0 Å². The Morgan fingerprint density at radius 3 is 2.94 bits per heavy atom. The molecule has 0 amide bonds. The summed E-state index contributed by atoms with van der Waals surface area (Å²) in [5.74, 6) is -0.300. The van der Waals surface area contributed by atoms with E-state index in [1.807, 2.05) is 38.1 Å². The number of benzene rings is 1. The van der Waals surface area contributed by atoms with Gasteiger partial charge in [0.25, 0.3) is 0 Å². The van der Waals surface area contributed by atoms with Crippen LogP contribution in [0.15, 0.2) is 24.3 Å². The molecule has 1 heterocycles. The summed E-state index contributed by atoms with van der Waals surface area (Å²) < 4.78 is 6.59. The van der Waals surface area contributed by atoms with Gasteiger partial charge in [0.15, 0.2) is 0 Å². The van der Waals surface area contributed by atoms with Gasteiger partial charge in [-0.05, 0) is 26.0 Å². The largest absolute Gasteiger partial charge is 0.462 e. The molecule has 0 saturated heterocycles. The van der Waals surface area contributed by atoms with Crippen LogP contribution in [0.5, 0.6) is 0 Å². The zero-order valence-electron chi connectivity index (χ0n) is 9.25. The molecule has 2 rings (SSSR count).